The first kappa shape index (κ1) is 9.19. The van der Waals surface area contributed by atoms with Gasteiger partial charge in [0.05, 0.1) is 0 Å². The molecule has 0 saturated heterocycles. The summed E-state index contributed by atoms with van der Waals surface area (Å²) in [5.41, 5.74) is 5.51. The Bertz CT molecular complexity index is 239. The predicted molar refractivity (Wildman–Crippen MR) is 55.5 cm³/mol. The maximum absolute atomic E-state index is 5.51. The Morgan fingerprint density at radius 3 is 3.08 bits per heavy atom. The summed E-state index contributed by atoms with van der Waals surface area (Å²) in [7, 11) is 0. The topological polar surface area (TPSA) is 50.9 Å². The summed E-state index contributed by atoms with van der Waals surface area (Å²) in [6.45, 7) is 0.928. The minimum absolute atomic E-state index is 0.559. The molecule has 0 radical (unpaired) electrons. The first-order valence-electron chi connectivity index (χ1n) is 3.78. The number of nitrogens with zero attached hydrogens (tertiary/aromatic N) is 1. The Kier molecular flexibility index (Phi) is 3.73. The molecule has 4 heteroatoms. The molecule has 0 aromatic carbocycles. The summed E-state index contributed by atoms with van der Waals surface area (Å²) >= 11 is 1.80. The molecular weight excluding hydrogens is 170 g/mol. The molecule has 0 amide bonds. The molecule has 0 spiro atoms. The van der Waals surface area contributed by atoms with E-state index in [0.29, 0.717) is 5.82 Å². The summed E-state index contributed by atoms with van der Waals surface area (Å²) in [6, 6.07) is 5.58. The van der Waals surface area contributed by atoms with E-state index in [9.17, 15) is 0 Å². The molecule has 0 aliphatic heterocycles. The van der Waals surface area contributed by atoms with Crippen LogP contribution in [0.3, 0.4) is 0 Å². The van der Waals surface area contributed by atoms with Crippen molar-refractivity contribution in [1.29, 1.82) is 0 Å². The molecule has 1 rings (SSSR count). The number of nitrogens with two attached hydrogens (primary N) is 1. The number of thioether (sulfide) groups is 1. The van der Waals surface area contributed by atoms with Crippen LogP contribution in [0.5, 0.6) is 0 Å². The first-order valence-corrected chi connectivity index (χ1v) is 5.17. The van der Waals surface area contributed by atoms with Gasteiger partial charge in [0.25, 0.3) is 0 Å². The molecule has 0 fully saturated rings. The fourth-order valence-corrected chi connectivity index (χ4v) is 1.14. The van der Waals surface area contributed by atoms with Gasteiger partial charge in [0, 0.05) is 12.3 Å². The van der Waals surface area contributed by atoms with Gasteiger partial charge in [-0.2, -0.15) is 11.8 Å². The molecule has 66 valence electrons. The molecular formula is C8H13N3S. The lowest BCUT2D eigenvalue weighted by Crippen LogP contribution is -2.05. The highest BCUT2D eigenvalue weighted by Crippen LogP contribution is 2.05. The molecule has 0 bridgehead atoms. The van der Waals surface area contributed by atoms with E-state index < -0.39 is 0 Å². The largest absolute Gasteiger partial charge is 0.384 e. The Morgan fingerprint density at radius 2 is 2.42 bits per heavy atom. The highest BCUT2D eigenvalue weighted by molar-refractivity contribution is 7.98. The molecule has 0 unspecified atom stereocenters. The molecule has 3 nitrogen and oxygen atoms in total. The fourth-order valence-electron chi connectivity index (χ4n) is 0.831. The maximum atomic E-state index is 5.51. The number of hydrogen-bond acceptors (Lipinski definition) is 4. The quantitative estimate of drug-likeness (QED) is 0.693. The third-order valence-corrected chi connectivity index (χ3v) is 2.00. The van der Waals surface area contributed by atoms with Crippen LogP contribution in [0.1, 0.15) is 0 Å². The van der Waals surface area contributed by atoms with Gasteiger partial charge in [-0.3, -0.25) is 0 Å². The number of aromatic nitrogens is 1. The van der Waals surface area contributed by atoms with Gasteiger partial charge in [-0.05, 0) is 18.4 Å². The maximum Gasteiger partial charge on any atom is 0.128 e. The van der Waals surface area contributed by atoms with E-state index in [0.717, 1.165) is 18.1 Å². The number of nitrogens with one attached hydrogen (secondary N) is 1. The Labute approximate surface area is 76.8 Å². The summed E-state index contributed by atoms with van der Waals surface area (Å²) in [5.74, 6) is 2.49. The minimum Gasteiger partial charge on any atom is -0.384 e. The van der Waals surface area contributed by atoms with Gasteiger partial charge >= 0.3 is 0 Å². The predicted octanol–water partition coefficient (Wildman–Crippen LogP) is 1.44. The van der Waals surface area contributed by atoms with Crippen LogP contribution in [-0.4, -0.2) is 23.5 Å². The minimum atomic E-state index is 0.559. The Hall–Kier alpha value is -0.900. The van der Waals surface area contributed by atoms with E-state index in [2.05, 4.69) is 16.6 Å². The SMILES string of the molecule is CSCCNc1cccc(N)n1. The van der Waals surface area contributed by atoms with Crippen molar-refractivity contribution in [2.75, 3.05) is 29.6 Å². The van der Waals surface area contributed by atoms with E-state index in [1.54, 1.807) is 17.8 Å². The van der Waals surface area contributed by atoms with Crippen molar-refractivity contribution in [2.45, 2.75) is 0 Å². The number of hydrogen-bond donors (Lipinski definition) is 2. The van der Waals surface area contributed by atoms with Crippen molar-refractivity contribution in [2.24, 2.45) is 0 Å². The van der Waals surface area contributed by atoms with Crippen LogP contribution >= 0.6 is 11.8 Å². The van der Waals surface area contributed by atoms with Crippen LogP contribution in [-0.2, 0) is 0 Å². The number of nitrogen functional groups attached to an aromatic ring is 1. The van der Waals surface area contributed by atoms with Crippen molar-refractivity contribution in [3.8, 4) is 0 Å². The monoisotopic (exact) mass is 183 g/mol. The van der Waals surface area contributed by atoms with Gasteiger partial charge < -0.3 is 11.1 Å². The van der Waals surface area contributed by atoms with E-state index in [-0.39, 0.29) is 0 Å². The van der Waals surface area contributed by atoms with Crippen LogP contribution < -0.4 is 11.1 Å². The van der Waals surface area contributed by atoms with Gasteiger partial charge in [-0.25, -0.2) is 4.98 Å². The average molecular weight is 183 g/mol. The lowest BCUT2D eigenvalue weighted by molar-refractivity contribution is 1.18. The summed E-state index contributed by atoms with van der Waals surface area (Å²) < 4.78 is 0. The van der Waals surface area contributed by atoms with Gasteiger partial charge in [0.1, 0.15) is 11.6 Å². The standard InChI is InChI=1S/C8H13N3S/c1-12-6-5-10-8-4-2-3-7(9)11-8/h2-4H,5-6H2,1H3,(H3,9,10,11). The second kappa shape index (κ2) is 4.87. The lowest BCUT2D eigenvalue weighted by atomic mass is 10.4. The zero-order valence-corrected chi connectivity index (χ0v) is 7.90. The highest BCUT2D eigenvalue weighted by atomic mass is 32.2. The molecule has 3 N–H and O–H groups in total. The Balaban J connectivity index is 2.41. The van der Waals surface area contributed by atoms with Crippen LogP contribution in [0.4, 0.5) is 11.6 Å². The highest BCUT2D eigenvalue weighted by Gasteiger charge is 1.91. The third-order valence-electron chi connectivity index (χ3n) is 1.38. The average Bonchev–Trinajstić information content (AvgIpc) is 2.05. The summed E-state index contributed by atoms with van der Waals surface area (Å²) in [6.07, 6.45) is 2.08. The molecule has 1 heterocycles. The fraction of sp³-hybridized carbons (Fsp3) is 0.375. The lowest BCUT2D eigenvalue weighted by Gasteiger charge is -2.03. The van der Waals surface area contributed by atoms with Crippen molar-refractivity contribution in [3.63, 3.8) is 0 Å². The van der Waals surface area contributed by atoms with Crippen molar-refractivity contribution in [1.82, 2.24) is 4.98 Å². The van der Waals surface area contributed by atoms with Gasteiger partial charge in [0.2, 0.25) is 0 Å². The molecule has 0 aliphatic carbocycles. The van der Waals surface area contributed by atoms with Crippen LogP contribution in [0, 0.1) is 0 Å². The first-order chi connectivity index (χ1) is 5.83. The zero-order chi connectivity index (χ0) is 8.81. The van der Waals surface area contributed by atoms with Crippen LogP contribution in [0.15, 0.2) is 18.2 Å². The summed E-state index contributed by atoms with van der Waals surface area (Å²) in [5, 5.41) is 3.17. The van der Waals surface area contributed by atoms with Crippen molar-refractivity contribution in [3.05, 3.63) is 18.2 Å². The van der Waals surface area contributed by atoms with E-state index in [4.69, 9.17) is 5.73 Å². The van der Waals surface area contributed by atoms with Crippen molar-refractivity contribution >= 4 is 23.4 Å². The second-order valence-corrected chi connectivity index (χ2v) is 3.35. The molecule has 0 atom stereocenters. The van der Waals surface area contributed by atoms with Crippen molar-refractivity contribution < 1.29 is 0 Å². The van der Waals surface area contributed by atoms with E-state index in [1.165, 1.54) is 0 Å². The van der Waals surface area contributed by atoms with Gasteiger partial charge in [-0.1, -0.05) is 6.07 Å². The Morgan fingerprint density at radius 1 is 1.58 bits per heavy atom. The second-order valence-electron chi connectivity index (χ2n) is 2.37. The normalized spacial score (nSPS) is 9.75. The van der Waals surface area contributed by atoms with Gasteiger partial charge in [0.15, 0.2) is 0 Å². The third kappa shape index (κ3) is 3.00. The molecule has 1 aromatic heterocycles. The molecule has 0 saturated carbocycles. The van der Waals surface area contributed by atoms with Crippen LogP contribution in [0.25, 0.3) is 0 Å². The summed E-state index contributed by atoms with van der Waals surface area (Å²) in [4.78, 5) is 4.10. The number of pyridine rings is 1. The number of anilines is 2. The zero-order valence-electron chi connectivity index (χ0n) is 7.08. The van der Waals surface area contributed by atoms with E-state index in [1.807, 2.05) is 12.1 Å². The van der Waals surface area contributed by atoms with E-state index >= 15 is 0 Å². The van der Waals surface area contributed by atoms with Crippen LogP contribution in [0.2, 0.25) is 0 Å². The molecule has 0 aliphatic rings. The van der Waals surface area contributed by atoms with Gasteiger partial charge in [-0.15, -0.1) is 0 Å². The smallest absolute Gasteiger partial charge is 0.128 e. The molecule has 12 heavy (non-hydrogen) atoms. The molecule has 1 aromatic rings. The number of rotatable bonds is 4.